The van der Waals surface area contributed by atoms with Crippen molar-refractivity contribution >= 4 is 11.5 Å². The van der Waals surface area contributed by atoms with Crippen molar-refractivity contribution in [2.24, 2.45) is 5.92 Å². The minimum atomic E-state index is -0.392. The summed E-state index contributed by atoms with van der Waals surface area (Å²) in [5, 5.41) is 19.5. The fraction of sp³-hybridized carbons (Fsp3) is 0.450. The Morgan fingerprint density at radius 3 is 2.50 bits per heavy atom. The second-order valence-corrected chi connectivity index (χ2v) is 7.46. The van der Waals surface area contributed by atoms with Crippen LogP contribution >= 0.6 is 0 Å². The quantitative estimate of drug-likeness (QED) is 0.784. The molecule has 1 saturated heterocycles. The summed E-state index contributed by atoms with van der Waals surface area (Å²) < 4.78 is 2.10. The SMILES string of the molecule is OC(c1ccccc1)C1CCN(c2nccn3c(C4CC4)nnc23)CC1. The van der Waals surface area contributed by atoms with Crippen molar-refractivity contribution in [2.45, 2.75) is 37.7 Å². The molecule has 3 heterocycles. The first kappa shape index (κ1) is 15.8. The third kappa shape index (κ3) is 2.74. The van der Waals surface area contributed by atoms with Crippen LogP contribution in [0.3, 0.4) is 0 Å². The predicted octanol–water partition coefficient (Wildman–Crippen LogP) is 2.95. The highest BCUT2D eigenvalue weighted by Crippen LogP contribution is 2.39. The van der Waals surface area contributed by atoms with Crippen LogP contribution in [-0.4, -0.2) is 37.8 Å². The summed E-state index contributed by atoms with van der Waals surface area (Å²) in [4.78, 5) is 6.88. The molecule has 0 radical (unpaired) electrons. The number of fused-ring (bicyclic) bond motifs is 1. The second-order valence-electron chi connectivity index (χ2n) is 7.46. The molecule has 2 aliphatic rings. The van der Waals surface area contributed by atoms with Crippen LogP contribution in [0.15, 0.2) is 42.7 Å². The van der Waals surface area contributed by atoms with Gasteiger partial charge in [-0.2, -0.15) is 0 Å². The zero-order valence-corrected chi connectivity index (χ0v) is 14.7. The minimum Gasteiger partial charge on any atom is -0.388 e. The molecule has 0 amide bonds. The van der Waals surface area contributed by atoms with Gasteiger partial charge in [-0.1, -0.05) is 30.3 Å². The summed E-state index contributed by atoms with van der Waals surface area (Å²) in [6, 6.07) is 9.98. The Morgan fingerprint density at radius 2 is 1.77 bits per heavy atom. The molecule has 0 spiro atoms. The molecule has 6 heteroatoms. The highest BCUT2D eigenvalue weighted by molar-refractivity contribution is 5.64. The van der Waals surface area contributed by atoms with Crippen LogP contribution in [0, 0.1) is 5.92 Å². The van der Waals surface area contributed by atoms with E-state index in [0.717, 1.165) is 48.8 Å². The Labute approximate surface area is 152 Å². The van der Waals surface area contributed by atoms with Crippen LogP contribution < -0.4 is 4.90 Å². The maximum atomic E-state index is 10.7. The molecule has 1 atom stereocenters. The van der Waals surface area contributed by atoms with E-state index in [0.29, 0.717) is 5.92 Å². The van der Waals surface area contributed by atoms with E-state index in [9.17, 15) is 5.11 Å². The third-order valence-electron chi connectivity index (χ3n) is 5.70. The molecule has 1 aliphatic carbocycles. The third-order valence-corrected chi connectivity index (χ3v) is 5.70. The van der Waals surface area contributed by atoms with Gasteiger partial charge in [0.25, 0.3) is 0 Å². The van der Waals surface area contributed by atoms with E-state index in [2.05, 4.69) is 24.5 Å². The summed E-state index contributed by atoms with van der Waals surface area (Å²) in [6.07, 6.45) is 7.74. The maximum Gasteiger partial charge on any atom is 0.203 e. The van der Waals surface area contributed by atoms with Crippen molar-refractivity contribution in [1.82, 2.24) is 19.6 Å². The number of piperidine rings is 1. The Morgan fingerprint density at radius 1 is 1.00 bits per heavy atom. The van der Waals surface area contributed by atoms with Gasteiger partial charge in [0.15, 0.2) is 5.82 Å². The monoisotopic (exact) mass is 349 g/mol. The van der Waals surface area contributed by atoms with Gasteiger partial charge >= 0.3 is 0 Å². The Hall–Kier alpha value is -2.47. The van der Waals surface area contributed by atoms with Gasteiger partial charge in [0, 0.05) is 31.4 Å². The number of rotatable bonds is 4. The Kier molecular flexibility index (Phi) is 3.85. The zero-order valence-electron chi connectivity index (χ0n) is 14.7. The van der Waals surface area contributed by atoms with Gasteiger partial charge in [-0.3, -0.25) is 4.40 Å². The van der Waals surface area contributed by atoms with Crippen LogP contribution in [0.4, 0.5) is 5.82 Å². The van der Waals surface area contributed by atoms with Crippen molar-refractivity contribution in [3.63, 3.8) is 0 Å². The van der Waals surface area contributed by atoms with Crippen molar-refractivity contribution in [2.75, 3.05) is 18.0 Å². The van der Waals surface area contributed by atoms with Crippen molar-refractivity contribution in [3.05, 3.63) is 54.1 Å². The predicted molar refractivity (Wildman–Crippen MR) is 99.1 cm³/mol. The van der Waals surface area contributed by atoms with Crippen LogP contribution in [0.25, 0.3) is 5.65 Å². The van der Waals surface area contributed by atoms with Crippen molar-refractivity contribution < 1.29 is 5.11 Å². The molecule has 6 nitrogen and oxygen atoms in total. The Balaban J connectivity index is 1.33. The molecule has 3 aromatic rings. The molecule has 1 aliphatic heterocycles. The fourth-order valence-corrected chi connectivity index (χ4v) is 4.02. The molecule has 134 valence electrons. The lowest BCUT2D eigenvalue weighted by molar-refractivity contribution is 0.0929. The van der Waals surface area contributed by atoms with E-state index in [-0.39, 0.29) is 5.92 Å². The number of hydrogen-bond acceptors (Lipinski definition) is 5. The first-order valence-corrected chi connectivity index (χ1v) is 9.49. The van der Waals surface area contributed by atoms with Gasteiger partial charge in [-0.25, -0.2) is 4.98 Å². The number of benzene rings is 1. The molecule has 1 saturated carbocycles. The van der Waals surface area contributed by atoms with Crippen molar-refractivity contribution in [3.8, 4) is 0 Å². The number of aromatic nitrogens is 4. The van der Waals surface area contributed by atoms with Crippen LogP contribution in [-0.2, 0) is 0 Å². The lowest BCUT2D eigenvalue weighted by Gasteiger charge is -2.35. The zero-order chi connectivity index (χ0) is 17.5. The first-order valence-electron chi connectivity index (χ1n) is 9.49. The fourth-order valence-electron chi connectivity index (χ4n) is 4.02. The maximum absolute atomic E-state index is 10.7. The molecule has 0 bridgehead atoms. The minimum absolute atomic E-state index is 0.285. The number of anilines is 1. The molecule has 1 N–H and O–H groups in total. The average molecular weight is 349 g/mol. The van der Waals surface area contributed by atoms with Crippen LogP contribution in [0.5, 0.6) is 0 Å². The number of aliphatic hydroxyl groups is 1. The summed E-state index contributed by atoms with van der Waals surface area (Å²) in [5.74, 6) is 2.83. The number of aliphatic hydroxyl groups excluding tert-OH is 1. The summed E-state index contributed by atoms with van der Waals surface area (Å²) in [6.45, 7) is 1.76. The van der Waals surface area contributed by atoms with Gasteiger partial charge < -0.3 is 10.0 Å². The van der Waals surface area contributed by atoms with E-state index in [4.69, 9.17) is 0 Å². The van der Waals surface area contributed by atoms with E-state index in [1.807, 2.05) is 42.7 Å². The van der Waals surface area contributed by atoms with Gasteiger partial charge in [0.05, 0.1) is 6.10 Å². The van der Waals surface area contributed by atoms with E-state index in [1.165, 1.54) is 12.8 Å². The van der Waals surface area contributed by atoms with Gasteiger partial charge in [0.2, 0.25) is 5.65 Å². The summed E-state index contributed by atoms with van der Waals surface area (Å²) in [5.41, 5.74) is 1.87. The molecule has 26 heavy (non-hydrogen) atoms. The van der Waals surface area contributed by atoms with E-state index < -0.39 is 6.10 Å². The van der Waals surface area contributed by atoms with E-state index in [1.54, 1.807) is 0 Å². The molecule has 2 aromatic heterocycles. The summed E-state index contributed by atoms with van der Waals surface area (Å²) >= 11 is 0. The van der Waals surface area contributed by atoms with E-state index >= 15 is 0 Å². The number of nitrogens with zero attached hydrogens (tertiary/aromatic N) is 5. The molecule has 5 rings (SSSR count). The summed E-state index contributed by atoms with van der Waals surface area (Å²) in [7, 11) is 0. The normalized spacial score (nSPS) is 19.8. The van der Waals surface area contributed by atoms with Crippen LogP contribution in [0.1, 0.15) is 49.1 Å². The molecular weight excluding hydrogens is 326 g/mol. The lowest BCUT2D eigenvalue weighted by Crippen LogP contribution is -2.36. The molecule has 2 fully saturated rings. The number of hydrogen-bond donors (Lipinski definition) is 1. The second kappa shape index (κ2) is 6.36. The highest BCUT2D eigenvalue weighted by atomic mass is 16.3. The first-order chi connectivity index (χ1) is 12.8. The Bertz CT molecular complexity index is 897. The smallest absolute Gasteiger partial charge is 0.203 e. The molecule has 1 aromatic carbocycles. The van der Waals surface area contributed by atoms with Crippen LogP contribution in [0.2, 0.25) is 0 Å². The highest BCUT2D eigenvalue weighted by Gasteiger charge is 2.31. The topological polar surface area (TPSA) is 66.5 Å². The molecule has 1 unspecified atom stereocenters. The van der Waals surface area contributed by atoms with Gasteiger partial charge in [-0.15, -0.1) is 10.2 Å². The van der Waals surface area contributed by atoms with Gasteiger partial charge in [0.1, 0.15) is 5.82 Å². The van der Waals surface area contributed by atoms with Gasteiger partial charge in [-0.05, 0) is 37.2 Å². The lowest BCUT2D eigenvalue weighted by atomic mass is 9.87. The van der Waals surface area contributed by atoms with Crippen molar-refractivity contribution in [1.29, 1.82) is 0 Å². The standard InChI is InChI=1S/C20H23N5O/c26-17(14-4-2-1-3-5-14)15-8-11-24(12-9-15)19-20-23-22-18(16-6-7-16)25(20)13-10-21-19/h1-5,10,13,15-17,26H,6-9,11-12H2. The molecular formula is C20H23N5O. The average Bonchev–Trinajstić information content (AvgIpc) is 3.46. The largest absolute Gasteiger partial charge is 0.388 e.